The van der Waals surface area contributed by atoms with Crippen LogP contribution in [0.15, 0.2) is 78.9 Å². The molecule has 0 saturated heterocycles. The maximum atomic E-state index is 12.2. The van der Waals surface area contributed by atoms with Gasteiger partial charge >= 0.3 is 11.8 Å². The van der Waals surface area contributed by atoms with Gasteiger partial charge in [0, 0.05) is 18.3 Å². The Bertz CT molecular complexity index is 1110. The van der Waals surface area contributed by atoms with Gasteiger partial charge in [-0.2, -0.15) is 0 Å². The molecule has 164 valence electrons. The molecule has 0 fully saturated rings. The number of benzene rings is 3. The van der Waals surface area contributed by atoms with Crippen LogP contribution in [0, 0.1) is 0 Å². The van der Waals surface area contributed by atoms with Gasteiger partial charge in [-0.3, -0.25) is 14.4 Å². The zero-order chi connectivity index (χ0) is 23.1. The van der Waals surface area contributed by atoms with Crippen molar-refractivity contribution >= 4 is 29.1 Å². The standard InChI is InChI=1S/C25H25N3O4/c1-17(29)27-21-9-6-10-22(15-21)28-24(31)23(30)26-16-25(2,32)20-13-11-19(12-14-20)18-7-4-3-5-8-18/h3-15,32H,16H2,1-2H3,(H,26,30)(H,27,29)(H,28,31). The monoisotopic (exact) mass is 431 g/mol. The van der Waals surface area contributed by atoms with Crippen molar-refractivity contribution in [3.8, 4) is 11.1 Å². The normalized spacial score (nSPS) is 12.3. The van der Waals surface area contributed by atoms with Crippen molar-refractivity contribution in [1.29, 1.82) is 0 Å². The molecular formula is C25H25N3O4. The maximum Gasteiger partial charge on any atom is 0.313 e. The molecule has 3 amide bonds. The van der Waals surface area contributed by atoms with Crippen molar-refractivity contribution in [3.05, 3.63) is 84.4 Å². The topological polar surface area (TPSA) is 108 Å². The highest BCUT2D eigenvalue weighted by Crippen LogP contribution is 2.25. The highest BCUT2D eigenvalue weighted by molar-refractivity contribution is 6.39. The summed E-state index contributed by atoms with van der Waals surface area (Å²) in [6.07, 6.45) is 0. The van der Waals surface area contributed by atoms with Gasteiger partial charge in [0.25, 0.3) is 0 Å². The summed E-state index contributed by atoms with van der Waals surface area (Å²) in [4.78, 5) is 35.6. The third-order valence-corrected chi connectivity index (χ3v) is 4.85. The molecule has 4 N–H and O–H groups in total. The number of nitrogens with one attached hydrogen (secondary N) is 3. The van der Waals surface area contributed by atoms with Crippen molar-refractivity contribution in [2.75, 3.05) is 17.2 Å². The van der Waals surface area contributed by atoms with E-state index in [1.807, 2.05) is 42.5 Å². The Morgan fingerprint density at radius 1 is 0.781 bits per heavy atom. The first-order chi connectivity index (χ1) is 15.2. The van der Waals surface area contributed by atoms with Gasteiger partial charge < -0.3 is 21.1 Å². The molecule has 32 heavy (non-hydrogen) atoms. The van der Waals surface area contributed by atoms with Crippen LogP contribution in [0.25, 0.3) is 11.1 Å². The molecule has 7 heteroatoms. The SMILES string of the molecule is CC(=O)Nc1cccc(NC(=O)C(=O)NCC(C)(O)c2ccc(-c3ccccc3)cc2)c1. The number of hydrogen-bond acceptors (Lipinski definition) is 4. The third-order valence-electron chi connectivity index (χ3n) is 4.85. The molecule has 0 aliphatic carbocycles. The van der Waals surface area contributed by atoms with Gasteiger partial charge in [-0.1, -0.05) is 60.7 Å². The van der Waals surface area contributed by atoms with E-state index >= 15 is 0 Å². The minimum Gasteiger partial charge on any atom is -0.384 e. The summed E-state index contributed by atoms with van der Waals surface area (Å²) in [5, 5.41) is 18.3. The van der Waals surface area contributed by atoms with E-state index in [0.29, 0.717) is 16.9 Å². The molecule has 1 atom stereocenters. The first kappa shape index (κ1) is 22.7. The minimum atomic E-state index is -1.36. The van der Waals surface area contributed by atoms with Crippen LogP contribution in [0.4, 0.5) is 11.4 Å². The van der Waals surface area contributed by atoms with Crippen LogP contribution in [0.3, 0.4) is 0 Å². The average molecular weight is 431 g/mol. The molecule has 0 heterocycles. The van der Waals surface area contributed by atoms with E-state index in [1.54, 1.807) is 37.3 Å². The smallest absolute Gasteiger partial charge is 0.313 e. The van der Waals surface area contributed by atoms with E-state index in [0.717, 1.165) is 11.1 Å². The van der Waals surface area contributed by atoms with Gasteiger partial charge in [-0.15, -0.1) is 0 Å². The van der Waals surface area contributed by atoms with Crippen LogP contribution in [-0.2, 0) is 20.0 Å². The Morgan fingerprint density at radius 3 is 2.00 bits per heavy atom. The van der Waals surface area contributed by atoms with Crippen molar-refractivity contribution in [2.24, 2.45) is 0 Å². The van der Waals surface area contributed by atoms with E-state index in [2.05, 4.69) is 16.0 Å². The lowest BCUT2D eigenvalue weighted by atomic mass is 9.93. The fraction of sp³-hybridized carbons (Fsp3) is 0.160. The lowest BCUT2D eigenvalue weighted by Crippen LogP contribution is -2.43. The summed E-state index contributed by atoms with van der Waals surface area (Å²) in [5.41, 5.74) is 2.18. The van der Waals surface area contributed by atoms with Gasteiger partial charge in [0.2, 0.25) is 5.91 Å². The Hall–Kier alpha value is -3.97. The fourth-order valence-electron chi connectivity index (χ4n) is 3.15. The predicted molar refractivity (Wildman–Crippen MR) is 124 cm³/mol. The highest BCUT2D eigenvalue weighted by Gasteiger charge is 2.25. The molecule has 3 rings (SSSR count). The van der Waals surface area contributed by atoms with Gasteiger partial charge in [0.15, 0.2) is 0 Å². The summed E-state index contributed by atoms with van der Waals surface area (Å²) in [6.45, 7) is 2.80. The Morgan fingerprint density at radius 2 is 1.38 bits per heavy atom. The molecular weight excluding hydrogens is 406 g/mol. The minimum absolute atomic E-state index is 0.143. The summed E-state index contributed by atoms with van der Waals surface area (Å²) < 4.78 is 0. The van der Waals surface area contributed by atoms with Gasteiger partial charge in [-0.05, 0) is 41.8 Å². The summed E-state index contributed by atoms with van der Waals surface area (Å²) in [6, 6.07) is 23.7. The molecule has 3 aromatic rings. The van der Waals surface area contributed by atoms with Crippen LogP contribution in [0.5, 0.6) is 0 Å². The number of aliphatic hydroxyl groups is 1. The first-order valence-corrected chi connectivity index (χ1v) is 10.1. The van der Waals surface area contributed by atoms with Crippen molar-refractivity contribution in [2.45, 2.75) is 19.4 Å². The number of rotatable bonds is 6. The number of carbonyl (C=O) groups excluding carboxylic acids is 3. The zero-order valence-electron chi connectivity index (χ0n) is 17.9. The quantitative estimate of drug-likeness (QED) is 0.449. The van der Waals surface area contributed by atoms with Crippen molar-refractivity contribution in [1.82, 2.24) is 5.32 Å². The Kier molecular flexibility index (Phi) is 7.02. The molecule has 0 saturated carbocycles. The van der Waals surface area contributed by atoms with E-state index in [1.165, 1.54) is 13.0 Å². The molecule has 0 aliphatic heterocycles. The molecule has 7 nitrogen and oxygen atoms in total. The average Bonchev–Trinajstić information content (AvgIpc) is 2.78. The van der Waals surface area contributed by atoms with E-state index in [9.17, 15) is 19.5 Å². The second-order valence-corrected chi connectivity index (χ2v) is 7.62. The van der Waals surface area contributed by atoms with Crippen LogP contribution in [0.2, 0.25) is 0 Å². The number of hydrogen-bond donors (Lipinski definition) is 4. The lowest BCUT2D eigenvalue weighted by Gasteiger charge is -2.24. The molecule has 0 aliphatic rings. The third kappa shape index (κ3) is 6.02. The second kappa shape index (κ2) is 9.89. The summed E-state index contributed by atoms with van der Waals surface area (Å²) in [7, 11) is 0. The van der Waals surface area contributed by atoms with Gasteiger partial charge in [0.05, 0.1) is 6.54 Å². The Labute approximate surface area is 186 Å². The summed E-state index contributed by atoms with van der Waals surface area (Å²) >= 11 is 0. The van der Waals surface area contributed by atoms with E-state index in [-0.39, 0.29) is 12.5 Å². The van der Waals surface area contributed by atoms with Crippen LogP contribution >= 0.6 is 0 Å². The number of anilines is 2. The number of carbonyl (C=O) groups is 3. The fourth-order valence-corrected chi connectivity index (χ4v) is 3.15. The largest absolute Gasteiger partial charge is 0.384 e. The van der Waals surface area contributed by atoms with E-state index < -0.39 is 17.4 Å². The maximum absolute atomic E-state index is 12.2. The molecule has 0 aromatic heterocycles. The van der Waals surface area contributed by atoms with Gasteiger partial charge in [0.1, 0.15) is 5.60 Å². The number of amides is 3. The van der Waals surface area contributed by atoms with Crippen LogP contribution in [0.1, 0.15) is 19.4 Å². The molecule has 1 unspecified atom stereocenters. The highest BCUT2D eigenvalue weighted by atomic mass is 16.3. The molecule has 0 bridgehead atoms. The zero-order valence-corrected chi connectivity index (χ0v) is 17.9. The molecule has 0 radical (unpaired) electrons. The van der Waals surface area contributed by atoms with Crippen LogP contribution < -0.4 is 16.0 Å². The Balaban J connectivity index is 1.58. The van der Waals surface area contributed by atoms with Crippen molar-refractivity contribution < 1.29 is 19.5 Å². The lowest BCUT2D eigenvalue weighted by molar-refractivity contribution is -0.136. The first-order valence-electron chi connectivity index (χ1n) is 10.1. The summed E-state index contributed by atoms with van der Waals surface area (Å²) in [5.74, 6) is -2.00. The second-order valence-electron chi connectivity index (χ2n) is 7.62. The van der Waals surface area contributed by atoms with Gasteiger partial charge in [-0.25, -0.2) is 0 Å². The van der Waals surface area contributed by atoms with Crippen LogP contribution in [-0.4, -0.2) is 29.4 Å². The molecule has 3 aromatic carbocycles. The molecule has 0 spiro atoms. The van der Waals surface area contributed by atoms with Crippen molar-refractivity contribution in [3.63, 3.8) is 0 Å². The van der Waals surface area contributed by atoms with E-state index in [4.69, 9.17) is 0 Å². The predicted octanol–water partition coefficient (Wildman–Crippen LogP) is 3.27.